The highest BCUT2D eigenvalue weighted by Crippen LogP contribution is 2.38. The van der Waals surface area contributed by atoms with E-state index in [1.165, 1.54) is 12.1 Å². The number of benzene rings is 1. The predicted octanol–water partition coefficient (Wildman–Crippen LogP) is 3.46. The maximum absolute atomic E-state index is 14.5. The Morgan fingerprint density at radius 1 is 1.38 bits per heavy atom. The zero-order valence-corrected chi connectivity index (χ0v) is 14.6. The fourth-order valence-corrected chi connectivity index (χ4v) is 3.82. The first kappa shape index (κ1) is 18.6. The lowest BCUT2D eigenvalue weighted by atomic mass is 10.1. The number of rotatable bonds is 4. The number of carbonyl (C=O) groups excluding carboxylic acids is 1. The molecule has 0 radical (unpaired) electrons. The van der Waals surface area contributed by atoms with Crippen molar-refractivity contribution in [1.82, 2.24) is 10.2 Å². The van der Waals surface area contributed by atoms with Gasteiger partial charge in [0.1, 0.15) is 21.9 Å². The number of anilines is 1. The Morgan fingerprint density at radius 3 is 2.73 bits per heavy atom. The van der Waals surface area contributed by atoms with E-state index in [0.717, 1.165) is 22.3 Å². The molecule has 1 aliphatic rings. The smallest absolute Gasteiger partial charge is 0.369 e. The molecule has 1 amide bonds. The van der Waals surface area contributed by atoms with E-state index in [2.05, 4.69) is 10.2 Å². The molecule has 1 fully saturated rings. The van der Waals surface area contributed by atoms with E-state index in [-0.39, 0.29) is 18.7 Å². The second-order valence-electron chi connectivity index (χ2n) is 6.13. The molecular formula is C16H16F4N4OS. The van der Waals surface area contributed by atoms with Crippen LogP contribution in [0.1, 0.15) is 30.7 Å². The predicted molar refractivity (Wildman–Crippen MR) is 89.3 cm³/mol. The van der Waals surface area contributed by atoms with Gasteiger partial charge in [-0.25, -0.2) is 4.39 Å². The normalized spacial score (nSPS) is 19.0. The highest BCUT2D eigenvalue weighted by Gasteiger charge is 2.46. The molecule has 3 rings (SSSR count). The summed E-state index contributed by atoms with van der Waals surface area (Å²) in [5, 5.41) is 8.55. The van der Waals surface area contributed by atoms with Gasteiger partial charge in [0.05, 0.1) is 11.6 Å². The van der Waals surface area contributed by atoms with Crippen molar-refractivity contribution in [3.63, 3.8) is 0 Å². The summed E-state index contributed by atoms with van der Waals surface area (Å²) in [6.07, 6.45) is -4.09. The van der Waals surface area contributed by atoms with Crippen molar-refractivity contribution in [2.45, 2.75) is 37.9 Å². The number of carbonyl (C=O) groups is 1. The lowest BCUT2D eigenvalue weighted by Crippen LogP contribution is -2.41. The van der Waals surface area contributed by atoms with Crippen LogP contribution in [0.15, 0.2) is 18.2 Å². The van der Waals surface area contributed by atoms with Crippen molar-refractivity contribution < 1.29 is 22.4 Å². The van der Waals surface area contributed by atoms with Crippen LogP contribution in [0.4, 0.5) is 23.2 Å². The van der Waals surface area contributed by atoms with E-state index >= 15 is 0 Å². The van der Waals surface area contributed by atoms with Gasteiger partial charge in [0.15, 0.2) is 0 Å². The Kier molecular flexibility index (Phi) is 4.87. The number of nitrogens with two attached hydrogens (primary N) is 1. The quantitative estimate of drug-likeness (QED) is 0.815. The van der Waals surface area contributed by atoms with Gasteiger partial charge in [-0.15, -0.1) is 10.2 Å². The summed E-state index contributed by atoms with van der Waals surface area (Å²) in [6.45, 7) is 1.74. The highest BCUT2D eigenvalue weighted by atomic mass is 32.1. The molecule has 140 valence electrons. The van der Waals surface area contributed by atoms with E-state index in [1.54, 1.807) is 6.92 Å². The van der Waals surface area contributed by atoms with Gasteiger partial charge in [-0.2, -0.15) is 13.2 Å². The summed E-state index contributed by atoms with van der Waals surface area (Å²) < 4.78 is 53.8. The van der Waals surface area contributed by atoms with Gasteiger partial charge in [-0.05, 0) is 38.0 Å². The molecule has 2 atom stereocenters. The average molecular weight is 388 g/mol. The largest absolute Gasteiger partial charge is 0.408 e. The van der Waals surface area contributed by atoms with Crippen molar-refractivity contribution in [1.29, 1.82) is 0 Å². The molecule has 10 heteroatoms. The van der Waals surface area contributed by atoms with Crippen LogP contribution in [0.5, 0.6) is 0 Å². The maximum atomic E-state index is 14.5. The average Bonchev–Trinajstić information content (AvgIpc) is 3.23. The Balaban J connectivity index is 1.88. The SMILES string of the molecule is CC(C(N)=O)c1nnc(-c2ccc(N3CCC[C@H]3C(F)(F)F)c(F)c2)s1. The number of hydrogen-bond acceptors (Lipinski definition) is 5. The molecule has 0 spiro atoms. The molecule has 1 aliphatic heterocycles. The fourth-order valence-electron chi connectivity index (χ4n) is 2.92. The number of amides is 1. The summed E-state index contributed by atoms with van der Waals surface area (Å²) in [7, 11) is 0. The van der Waals surface area contributed by atoms with Gasteiger partial charge in [0.2, 0.25) is 5.91 Å². The molecule has 2 N–H and O–H groups in total. The molecular weight excluding hydrogens is 372 g/mol. The number of aromatic nitrogens is 2. The number of primary amides is 1. The first-order valence-corrected chi connectivity index (χ1v) is 8.76. The second-order valence-corrected chi connectivity index (χ2v) is 7.14. The third kappa shape index (κ3) is 3.50. The monoisotopic (exact) mass is 388 g/mol. The maximum Gasteiger partial charge on any atom is 0.408 e. The lowest BCUT2D eigenvalue weighted by molar-refractivity contribution is -0.146. The van der Waals surface area contributed by atoms with Crippen LogP contribution in [0.3, 0.4) is 0 Å². The summed E-state index contributed by atoms with van der Waals surface area (Å²) in [4.78, 5) is 12.3. The van der Waals surface area contributed by atoms with Crippen molar-refractivity contribution in [3.05, 3.63) is 29.0 Å². The van der Waals surface area contributed by atoms with E-state index in [1.807, 2.05) is 0 Å². The molecule has 2 heterocycles. The molecule has 2 aromatic rings. The molecule has 1 unspecified atom stereocenters. The van der Waals surface area contributed by atoms with Crippen molar-refractivity contribution >= 4 is 22.9 Å². The third-order valence-corrected chi connectivity index (χ3v) is 5.53. The number of nitrogens with zero attached hydrogens (tertiary/aromatic N) is 3. The topological polar surface area (TPSA) is 72.1 Å². The van der Waals surface area contributed by atoms with Gasteiger partial charge in [-0.3, -0.25) is 4.79 Å². The molecule has 0 aliphatic carbocycles. The number of alkyl halides is 3. The Hall–Kier alpha value is -2.23. The molecule has 0 bridgehead atoms. The highest BCUT2D eigenvalue weighted by molar-refractivity contribution is 7.14. The Labute approximate surface area is 150 Å². The number of halogens is 4. The zero-order chi connectivity index (χ0) is 19.1. The molecule has 5 nitrogen and oxygen atoms in total. The van der Waals surface area contributed by atoms with Crippen molar-refractivity contribution in [2.75, 3.05) is 11.4 Å². The van der Waals surface area contributed by atoms with Crippen LogP contribution in [0, 0.1) is 5.82 Å². The molecule has 1 saturated heterocycles. The lowest BCUT2D eigenvalue weighted by Gasteiger charge is -2.28. The van der Waals surface area contributed by atoms with Crippen LogP contribution >= 0.6 is 11.3 Å². The van der Waals surface area contributed by atoms with Gasteiger partial charge in [0, 0.05) is 12.1 Å². The van der Waals surface area contributed by atoms with Gasteiger partial charge >= 0.3 is 6.18 Å². The minimum Gasteiger partial charge on any atom is -0.369 e. The first-order valence-electron chi connectivity index (χ1n) is 7.94. The zero-order valence-electron chi connectivity index (χ0n) is 13.8. The van der Waals surface area contributed by atoms with Gasteiger partial charge in [0.25, 0.3) is 0 Å². The van der Waals surface area contributed by atoms with Crippen LogP contribution in [0.25, 0.3) is 10.6 Å². The van der Waals surface area contributed by atoms with Gasteiger partial charge < -0.3 is 10.6 Å². The Morgan fingerprint density at radius 2 is 2.12 bits per heavy atom. The van der Waals surface area contributed by atoms with Crippen LogP contribution < -0.4 is 10.6 Å². The third-order valence-electron chi connectivity index (χ3n) is 4.37. The molecule has 26 heavy (non-hydrogen) atoms. The molecule has 1 aromatic carbocycles. The van der Waals surface area contributed by atoms with E-state index in [0.29, 0.717) is 22.0 Å². The standard InChI is InChI=1S/C16H16F4N4OS/c1-8(13(21)25)14-22-23-15(26-14)9-4-5-11(10(17)7-9)24-6-2-3-12(24)16(18,19)20/h4-5,7-8,12H,2-3,6H2,1H3,(H2,21,25)/t8?,12-/m0/s1. The minimum absolute atomic E-state index is 0.0462. The van der Waals surface area contributed by atoms with Crippen molar-refractivity contribution in [3.8, 4) is 10.6 Å². The van der Waals surface area contributed by atoms with Crippen LogP contribution in [-0.2, 0) is 4.79 Å². The molecule has 1 aromatic heterocycles. The summed E-state index contributed by atoms with van der Waals surface area (Å²) in [5.74, 6) is -1.93. The van der Waals surface area contributed by atoms with Crippen LogP contribution in [-0.4, -0.2) is 34.9 Å². The Bertz CT molecular complexity index is 823. The van der Waals surface area contributed by atoms with E-state index < -0.39 is 29.9 Å². The van der Waals surface area contributed by atoms with E-state index in [4.69, 9.17) is 5.73 Å². The fraction of sp³-hybridized carbons (Fsp3) is 0.438. The van der Waals surface area contributed by atoms with E-state index in [9.17, 15) is 22.4 Å². The van der Waals surface area contributed by atoms with Crippen molar-refractivity contribution in [2.24, 2.45) is 5.73 Å². The second kappa shape index (κ2) is 6.82. The summed E-state index contributed by atoms with van der Waals surface area (Å²) >= 11 is 1.09. The van der Waals surface area contributed by atoms with Gasteiger partial charge in [-0.1, -0.05) is 11.3 Å². The van der Waals surface area contributed by atoms with Crippen LogP contribution in [0.2, 0.25) is 0 Å². The number of hydrogen-bond donors (Lipinski definition) is 1. The summed E-state index contributed by atoms with van der Waals surface area (Å²) in [5.41, 5.74) is 5.52. The summed E-state index contributed by atoms with van der Waals surface area (Å²) in [6, 6.07) is 2.30. The minimum atomic E-state index is -4.40. The first-order chi connectivity index (χ1) is 12.2. The molecule has 0 saturated carbocycles.